The molecule has 0 saturated carbocycles. The molecule has 1 aromatic carbocycles. The second-order valence-corrected chi connectivity index (χ2v) is 7.47. The third-order valence-electron chi connectivity index (χ3n) is 6.02. The van der Waals surface area contributed by atoms with Crippen molar-refractivity contribution in [2.45, 2.75) is 45.2 Å². The van der Waals surface area contributed by atoms with E-state index in [0.717, 1.165) is 25.3 Å². The molecule has 0 bridgehead atoms. The van der Waals surface area contributed by atoms with Crippen LogP contribution < -0.4 is 5.32 Å². The molecule has 1 fully saturated rings. The van der Waals surface area contributed by atoms with Crippen molar-refractivity contribution >= 4 is 5.91 Å². The average Bonchev–Trinajstić information content (AvgIpc) is 3.30. The van der Waals surface area contributed by atoms with Gasteiger partial charge >= 0.3 is 0 Å². The summed E-state index contributed by atoms with van der Waals surface area (Å²) in [6.07, 6.45) is 1.16. The largest absolute Gasteiger partial charge is 0.456 e. The van der Waals surface area contributed by atoms with Crippen LogP contribution in [0, 0.1) is 12.8 Å². The Kier molecular flexibility index (Phi) is 4.16. The monoisotopic (exact) mass is 338 g/mol. The minimum atomic E-state index is -0.115. The first kappa shape index (κ1) is 16.4. The molecule has 2 aliphatic rings. The molecule has 132 valence electrons. The van der Waals surface area contributed by atoms with E-state index < -0.39 is 0 Å². The summed E-state index contributed by atoms with van der Waals surface area (Å²) in [5, 5.41) is 3.25. The summed E-state index contributed by atoms with van der Waals surface area (Å²) in [5.74, 6) is 1.99. The van der Waals surface area contributed by atoms with Crippen molar-refractivity contribution < 1.29 is 9.21 Å². The maximum absolute atomic E-state index is 12.7. The van der Waals surface area contributed by atoms with Crippen LogP contribution in [-0.4, -0.2) is 29.9 Å². The van der Waals surface area contributed by atoms with E-state index in [1.165, 1.54) is 11.1 Å². The molecule has 4 nitrogen and oxygen atoms in total. The molecule has 1 saturated heterocycles. The van der Waals surface area contributed by atoms with Gasteiger partial charge in [-0.15, -0.1) is 0 Å². The molecular weight excluding hydrogens is 312 g/mol. The first-order valence-corrected chi connectivity index (χ1v) is 9.28. The number of hydrogen-bond donors (Lipinski definition) is 1. The van der Waals surface area contributed by atoms with E-state index in [2.05, 4.69) is 48.3 Å². The second kappa shape index (κ2) is 6.34. The number of benzene rings is 1. The number of likely N-dealkylation sites (tertiary alicyclic amines) is 1. The van der Waals surface area contributed by atoms with Gasteiger partial charge in [-0.25, -0.2) is 0 Å². The standard InChI is InChI=1S/C21H26N2O2/c1-4-13(2)23-11-17-15-7-5-6-8-16(15)20(18(17)12-23)22-21(24)19-10-9-14(3)25-19/h5-10,13,17-18,20H,4,11-12H2,1-3H3,(H,22,24)/t13-,17-,18-,20+/m0/s1. The van der Waals surface area contributed by atoms with E-state index in [4.69, 9.17) is 4.42 Å². The maximum atomic E-state index is 12.7. The van der Waals surface area contributed by atoms with Crippen molar-refractivity contribution in [3.05, 3.63) is 59.0 Å². The van der Waals surface area contributed by atoms with Gasteiger partial charge in [0.15, 0.2) is 5.76 Å². The minimum absolute atomic E-state index is 0.0631. The Balaban J connectivity index is 1.61. The molecule has 2 aromatic rings. The van der Waals surface area contributed by atoms with E-state index in [0.29, 0.717) is 23.6 Å². The van der Waals surface area contributed by atoms with Gasteiger partial charge < -0.3 is 9.73 Å². The van der Waals surface area contributed by atoms with Gasteiger partial charge in [0.2, 0.25) is 0 Å². The zero-order valence-electron chi connectivity index (χ0n) is 15.2. The Hall–Kier alpha value is -2.07. The fraction of sp³-hybridized carbons (Fsp3) is 0.476. The summed E-state index contributed by atoms with van der Waals surface area (Å²) in [6, 6.07) is 12.8. The van der Waals surface area contributed by atoms with E-state index in [1.54, 1.807) is 6.07 Å². The molecule has 0 spiro atoms. The van der Waals surface area contributed by atoms with Crippen molar-refractivity contribution in [3.8, 4) is 0 Å². The Morgan fingerprint density at radius 1 is 1.24 bits per heavy atom. The van der Waals surface area contributed by atoms with E-state index in [1.807, 2.05) is 13.0 Å². The SMILES string of the molecule is CC[C@H](C)N1C[C@@H]2[C@H](NC(=O)c3ccc(C)o3)c3ccccc3[C@@H]2C1. The van der Waals surface area contributed by atoms with Gasteiger partial charge in [-0.05, 0) is 43.5 Å². The molecule has 1 aromatic heterocycles. The lowest BCUT2D eigenvalue weighted by molar-refractivity contribution is 0.0893. The third-order valence-corrected chi connectivity index (χ3v) is 6.02. The minimum Gasteiger partial charge on any atom is -0.456 e. The normalized spacial score (nSPS) is 26.3. The molecule has 4 rings (SSSR count). The summed E-state index contributed by atoms with van der Waals surface area (Å²) in [7, 11) is 0. The number of amides is 1. The molecule has 1 aliphatic heterocycles. The van der Waals surface area contributed by atoms with Crippen LogP contribution in [0.25, 0.3) is 0 Å². The molecule has 2 heterocycles. The highest BCUT2D eigenvalue weighted by molar-refractivity contribution is 5.92. The number of fused-ring (bicyclic) bond motifs is 3. The van der Waals surface area contributed by atoms with Crippen LogP contribution in [-0.2, 0) is 0 Å². The first-order chi connectivity index (χ1) is 12.1. The van der Waals surface area contributed by atoms with Gasteiger partial charge in [0, 0.05) is 31.0 Å². The number of nitrogens with zero attached hydrogens (tertiary/aromatic N) is 1. The van der Waals surface area contributed by atoms with Crippen LogP contribution in [0.2, 0.25) is 0 Å². The van der Waals surface area contributed by atoms with Crippen molar-refractivity contribution in [1.82, 2.24) is 10.2 Å². The summed E-state index contributed by atoms with van der Waals surface area (Å²) >= 11 is 0. The zero-order chi connectivity index (χ0) is 17.6. The highest BCUT2D eigenvalue weighted by atomic mass is 16.3. The van der Waals surface area contributed by atoms with Gasteiger partial charge in [-0.3, -0.25) is 9.69 Å². The first-order valence-electron chi connectivity index (χ1n) is 9.28. The second-order valence-electron chi connectivity index (χ2n) is 7.47. The number of carbonyl (C=O) groups is 1. The number of carbonyl (C=O) groups excluding carboxylic acids is 1. The maximum Gasteiger partial charge on any atom is 0.287 e. The van der Waals surface area contributed by atoms with E-state index in [9.17, 15) is 4.79 Å². The van der Waals surface area contributed by atoms with Crippen LogP contribution in [0.3, 0.4) is 0 Å². The molecule has 1 N–H and O–H groups in total. The van der Waals surface area contributed by atoms with Gasteiger partial charge in [0.25, 0.3) is 5.91 Å². The molecule has 25 heavy (non-hydrogen) atoms. The molecule has 1 aliphatic carbocycles. The summed E-state index contributed by atoms with van der Waals surface area (Å²) in [5.41, 5.74) is 2.68. The fourth-order valence-electron chi connectivity index (χ4n) is 4.46. The van der Waals surface area contributed by atoms with E-state index >= 15 is 0 Å². The van der Waals surface area contributed by atoms with E-state index in [-0.39, 0.29) is 11.9 Å². The van der Waals surface area contributed by atoms with Crippen LogP contribution in [0.15, 0.2) is 40.8 Å². The Bertz CT molecular complexity index is 782. The number of rotatable bonds is 4. The van der Waals surface area contributed by atoms with Gasteiger partial charge in [0.05, 0.1) is 6.04 Å². The predicted octanol–water partition coefficient (Wildman–Crippen LogP) is 3.89. The molecule has 4 atom stereocenters. The lowest BCUT2D eigenvalue weighted by Gasteiger charge is -2.26. The van der Waals surface area contributed by atoms with Gasteiger partial charge in [0.1, 0.15) is 5.76 Å². The van der Waals surface area contributed by atoms with Crippen molar-refractivity contribution in [2.24, 2.45) is 5.92 Å². The lowest BCUT2D eigenvalue weighted by atomic mass is 9.94. The molecule has 4 heteroatoms. The van der Waals surface area contributed by atoms with Crippen LogP contribution in [0.1, 0.15) is 59.7 Å². The summed E-state index contributed by atoms with van der Waals surface area (Å²) in [4.78, 5) is 15.2. The number of nitrogens with one attached hydrogen (secondary N) is 1. The van der Waals surface area contributed by atoms with Crippen LogP contribution in [0.4, 0.5) is 0 Å². The number of aryl methyl sites for hydroxylation is 1. The quantitative estimate of drug-likeness (QED) is 0.920. The molecular formula is C21H26N2O2. The number of furan rings is 1. The van der Waals surface area contributed by atoms with Crippen molar-refractivity contribution in [3.63, 3.8) is 0 Å². The third kappa shape index (κ3) is 2.78. The van der Waals surface area contributed by atoms with Crippen LogP contribution >= 0.6 is 0 Å². The Morgan fingerprint density at radius 3 is 2.68 bits per heavy atom. The van der Waals surface area contributed by atoms with Crippen LogP contribution in [0.5, 0.6) is 0 Å². The smallest absolute Gasteiger partial charge is 0.287 e. The number of hydrogen-bond acceptors (Lipinski definition) is 3. The predicted molar refractivity (Wildman–Crippen MR) is 97.7 cm³/mol. The topological polar surface area (TPSA) is 45.5 Å². The van der Waals surface area contributed by atoms with Gasteiger partial charge in [-0.1, -0.05) is 31.2 Å². The average molecular weight is 338 g/mol. The lowest BCUT2D eigenvalue weighted by Crippen LogP contribution is -2.35. The van der Waals surface area contributed by atoms with Gasteiger partial charge in [-0.2, -0.15) is 0 Å². The summed E-state index contributed by atoms with van der Waals surface area (Å²) < 4.78 is 5.51. The molecule has 1 amide bonds. The fourth-order valence-corrected chi connectivity index (χ4v) is 4.46. The molecule has 0 unspecified atom stereocenters. The summed E-state index contributed by atoms with van der Waals surface area (Å²) in [6.45, 7) is 8.52. The van der Waals surface area contributed by atoms with Crippen molar-refractivity contribution in [2.75, 3.05) is 13.1 Å². The Morgan fingerprint density at radius 2 is 2.00 bits per heavy atom. The highest BCUT2D eigenvalue weighted by Crippen LogP contribution is 2.49. The molecule has 0 radical (unpaired) electrons. The highest BCUT2D eigenvalue weighted by Gasteiger charge is 2.47. The zero-order valence-corrected chi connectivity index (χ0v) is 15.2. The van der Waals surface area contributed by atoms with Crippen molar-refractivity contribution in [1.29, 1.82) is 0 Å². The Labute approximate surface area is 149 Å².